The third-order valence-corrected chi connectivity index (χ3v) is 10.8. The van der Waals surface area contributed by atoms with Crippen LogP contribution in [-0.4, -0.2) is 9.55 Å². The van der Waals surface area contributed by atoms with Gasteiger partial charge in [-0.2, -0.15) is 0 Å². The molecule has 10 rings (SSSR count). The highest BCUT2D eigenvalue weighted by atomic mass is 16.3. The molecule has 0 unspecified atom stereocenters. The van der Waals surface area contributed by atoms with Gasteiger partial charge in [-0.25, -0.2) is 0 Å². The molecule has 0 aliphatic heterocycles. The van der Waals surface area contributed by atoms with Crippen LogP contribution in [0.15, 0.2) is 181 Å². The quantitative estimate of drug-likeness (QED) is 0.180. The zero-order chi connectivity index (χ0) is 36.4. The van der Waals surface area contributed by atoms with E-state index in [0.717, 1.165) is 60.9 Å². The average Bonchev–Trinajstić information content (AvgIpc) is 3.76. The molecule has 10 aromatic rings. The molecule has 3 heteroatoms. The molecule has 0 aliphatic rings. The second kappa shape index (κ2) is 12.5. The van der Waals surface area contributed by atoms with Crippen LogP contribution in [0.4, 0.5) is 0 Å². The van der Waals surface area contributed by atoms with Crippen molar-refractivity contribution in [1.82, 2.24) is 9.55 Å². The minimum Gasteiger partial charge on any atom is -0.455 e. The number of para-hydroxylation sites is 3. The number of rotatable bonds is 5. The van der Waals surface area contributed by atoms with Crippen molar-refractivity contribution in [2.75, 3.05) is 0 Å². The molecule has 0 aliphatic carbocycles. The summed E-state index contributed by atoms with van der Waals surface area (Å²) in [5.41, 5.74) is 15.6. The number of nitrogens with zero attached hydrogens (tertiary/aromatic N) is 2. The SMILES string of the molecule is CC(C)(C)c1ccc(-c2cc(-c3ccccc3)cc(-c3cncc(-n4c5ccccc5c5ccc(-c6cccc7c6oc6ccccc67)cc54)c3)c2)cc1. The number of pyridine rings is 1. The number of hydrogen-bond acceptors (Lipinski definition) is 2. The first kappa shape index (κ1) is 32.0. The molecule has 0 fully saturated rings. The van der Waals surface area contributed by atoms with Crippen molar-refractivity contribution < 1.29 is 4.42 Å². The molecule has 0 atom stereocenters. The summed E-state index contributed by atoms with van der Waals surface area (Å²) in [7, 11) is 0. The first-order valence-electron chi connectivity index (χ1n) is 18.6. The summed E-state index contributed by atoms with van der Waals surface area (Å²) in [4.78, 5) is 4.88. The van der Waals surface area contributed by atoms with Crippen molar-refractivity contribution in [3.8, 4) is 50.2 Å². The van der Waals surface area contributed by atoms with E-state index < -0.39 is 0 Å². The van der Waals surface area contributed by atoms with E-state index in [1.807, 2.05) is 24.5 Å². The summed E-state index contributed by atoms with van der Waals surface area (Å²) >= 11 is 0. The van der Waals surface area contributed by atoms with Crippen molar-refractivity contribution in [3.05, 3.63) is 182 Å². The second-order valence-electron chi connectivity index (χ2n) is 15.3. The van der Waals surface area contributed by atoms with Gasteiger partial charge in [-0.1, -0.05) is 142 Å². The topological polar surface area (TPSA) is 31.0 Å². The molecule has 3 heterocycles. The highest BCUT2D eigenvalue weighted by molar-refractivity contribution is 6.13. The molecule has 0 saturated carbocycles. The average molecular weight is 695 g/mol. The van der Waals surface area contributed by atoms with Gasteiger partial charge in [-0.3, -0.25) is 4.98 Å². The minimum atomic E-state index is 0.0933. The molecular formula is C51H38N2O. The highest BCUT2D eigenvalue weighted by Crippen LogP contribution is 2.40. The Morgan fingerprint density at radius 1 is 0.444 bits per heavy atom. The lowest BCUT2D eigenvalue weighted by atomic mass is 9.86. The molecular weight excluding hydrogens is 657 g/mol. The summed E-state index contributed by atoms with van der Waals surface area (Å²) in [6, 6.07) is 59.0. The van der Waals surface area contributed by atoms with Gasteiger partial charge in [0.2, 0.25) is 0 Å². The van der Waals surface area contributed by atoms with Crippen LogP contribution in [0.1, 0.15) is 26.3 Å². The van der Waals surface area contributed by atoms with Gasteiger partial charge in [0, 0.05) is 38.9 Å². The molecule has 0 amide bonds. The largest absolute Gasteiger partial charge is 0.455 e. The van der Waals surface area contributed by atoms with Crippen LogP contribution in [0.5, 0.6) is 0 Å². The lowest BCUT2D eigenvalue weighted by Gasteiger charge is -2.19. The Hall–Kier alpha value is -6.71. The smallest absolute Gasteiger partial charge is 0.143 e. The lowest BCUT2D eigenvalue weighted by Crippen LogP contribution is -2.10. The van der Waals surface area contributed by atoms with Crippen molar-refractivity contribution in [1.29, 1.82) is 0 Å². The number of aromatic nitrogens is 2. The number of fused-ring (bicyclic) bond motifs is 6. The summed E-state index contributed by atoms with van der Waals surface area (Å²) in [6.07, 6.45) is 3.97. The van der Waals surface area contributed by atoms with E-state index in [-0.39, 0.29) is 5.41 Å². The maximum atomic E-state index is 6.48. The van der Waals surface area contributed by atoms with Gasteiger partial charge in [0.05, 0.1) is 22.9 Å². The van der Waals surface area contributed by atoms with Gasteiger partial charge in [0.25, 0.3) is 0 Å². The third-order valence-electron chi connectivity index (χ3n) is 10.8. The van der Waals surface area contributed by atoms with Gasteiger partial charge >= 0.3 is 0 Å². The first-order chi connectivity index (χ1) is 26.4. The fourth-order valence-electron chi connectivity index (χ4n) is 8.02. The third kappa shape index (κ3) is 5.40. The van der Waals surface area contributed by atoms with E-state index in [4.69, 9.17) is 9.40 Å². The van der Waals surface area contributed by atoms with Crippen molar-refractivity contribution in [3.63, 3.8) is 0 Å². The van der Waals surface area contributed by atoms with Crippen LogP contribution < -0.4 is 0 Å². The molecule has 0 radical (unpaired) electrons. The summed E-state index contributed by atoms with van der Waals surface area (Å²) in [5.74, 6) is 0. The minimum absolute atomic E-state index is 0.0933. The standard InChI is InChI=1S/C51H38N2O/c1-51(2,3)40-23-20-34(21-24-40)37-26-36(33-12-5-4-6-13-33)27-38(28-37)39-29-41(32-52-31-39)53-47-18-9-7-14-43(47)44-25-22-35(30-48(44)53)42-16-11-17-46-45-15-8-10-19-49(45)54-50(42)46/h4-32H,1-3H3. The van der Waals surface area contributed by atoms with E-state index in [0.29, 0.717) is 0 Å². The predicted molar refractivity (Wildman–Crippen MR) is 226 cm³/mol. The van der Waals surface area contributed by atoms with E-state index in [1.165, 1.54) is 38.6 Å². The van der Waals surface area contributed by atoms with E-state index in [2.05, 4.69) is 177 Å². The summed E-state index contributed by atoms with van der Waals surface area (Å²) in [5, 5.41) is 4.67. The maximum Gasteiger partial charge on any atom is 0.143 e. The molecule has 54 heavy (non-hydrogen) atoms. The van der Waals surface area contributed by atoms with E-state index in [9.17, 15) is 0 Å². The van der Waals surface area contributed by atoms with Crippen LogP contribution in [0.3, 0.4) is 0 Å². The van der Waals surface area contributed by atoms with Gasteiger partial charge in [-0.15, -0.1) is 0 Å². The number of benzene rings is 7. The molecule has 0 bridgehead atoms. The Morgan fingerprint density at radius 2 is 1.07 bits per heavy atom. The van der Waals surface area contributed by atoms with Crippen LogP contribution in [0.2, 0.25) is 0 Å². The second-order valence-corrected chi connectivity index (χ2v) is 15.3. The monoisotopic (exact) mass is 694 g/mol. The van der Waals surface area contributed by atoms with Gasteiger partial charge in [0.1, 0.15) is 11.2 Å². The zero-order valence-corrected chi connectivity index (χ0v) is 30.5. The Morgan fingerprint density at radius 3 is 1.85 bits per heavy atom. The fraction of sp³-hybridized carbons (Fsp3) is 0.0784. The molecule has 0 spiro atoms. The summed E-state index contributed by atoms with van der Waals surface area (Å²) in [6.45, 7) is 6.78. The number of hydrogen-bond donors (Lipinski definition) is 0. The van der Waals surface area contributed by atoms with Crippen LogP contribution in [-0.2, 0) is 5.41 Å². The molecule has 258 valence electrons. The summed E-state index contributed by atoms with van der Waals surface area (Å²) < 4.78 is 8.83. The molecule has 0 N–H and O–H groups in total. The Bertz CT molecular complexity index is 3010. The fourth-order valence-corrected chi connectivity index (χ4v) is 8.02. The van der Waals surface area contributed by atoms with Gasteiger partial charge in [0.15, 0.2) is 0 Å². The Labute approximate surface area is 314 Å². The van der Waals surface area contributed by atoms with Gasteiger partial charge in [-0.05, 0) is 86.8 Å². The van der Waals surface area contributed by atoms with Crippen molar-refractivity contribution >= 4 is 43.7 Å². The van der Waals surface area contributed by atoms with Gasteiger partial charge < -0.3 is 8.98 Å². The molecule has 7 aromatic carbocycles. The van der Waals surface area contributed by atoms with Crippen molar-refractivity contribution in [2.24, 2.45) is 0 Å². The van der Waals surface area contributed by atoms with E-state index >= 15 is 0 Å². The highest BCUT2D eigenvalue weighted by Gasteiger charge is 2.18. The zero-order valence-electron chi connectivity index (χ0n) is 30.5. The first-order valence-corrected chi connectivity index (χ1v) is 18.6. The number of furan rings is 1. The molecule has 3 aromatic heterocycles. The van der Waals surface area contributed by atoms with Crippen LogP contribution in [0.25, 0.3) is 93.9 Å². The van der Waals surface area contributed by atoms with Crippen molar-refractivity contribution in [2.45, 2.75) is 26.2 Å². The Balaban J connectivity index is 1.14. The lowest BCUT2D eigenvalue weighted by molar-refractivity contribution is 0.590. The predicted octanol–water partition coefficient (Wildman–Crippen LogP) is 14.0. The Kier molecular flexibility index (Phi) is 7.38. The molecule has 0 saturated heterocycles. The normalized spacial score (nSPS) is 12.0. The van der Waals surface area contributed by atoms with E-state index in [1.54, 1.807) is 0 Å². The maximum absolute atomic E-state index is 6.48. The molecule has 3 nitrogen and oxygen atoms in total. The van der Waals surface area contributed by atoms with Crippen LogP contribution in [0, 0.1) is 0 Å². The van der Waals surface area contributed by atoms with Crippen LogP contribution >= 0.6 is 0 Å².